The molecular formula is C19H32N6O2S. The molecule has 0 aliphatic carbocycles. The van der Waals surface area contributed by atoms with Gasteiger partial charge >= 0.3 is 0 Å². The van der Waals surface area contributed by atoms with Gasteiger partial charge in [0.1, 0.15) is 5.82 Å². The molecule has 9 heteroatoms. The number of hydrogen-bond donors (Lipinski definition) is 2. The molecule has 0 aliphatic heterocycles. The summed E-state index contributed by atoms with van der Waals surface area (Å²) in [6.07, 6.45) is 3.48. The Morgan fingerprint density at radius 2 is 2.00 bits per heavy atom. The van der Waals surface area contributed by atoms with Gasteiger partial charge in [-0.2, -0.15) is 5.10 Å². The second kappa shape index (κ2) is 11.2. The van der Waals surface area contributed by atoms with E-state index in [2.05, 4.69) is 34.6 Å². The summed E-state index contributed by atoms with van der Waals surface area (Å²) in [5.41, 5.74) is 0.773. The Kier molecular flexibility index (Phi) is 8.98. The first-order valence-electron chi connectivity index (χ1n) is 9.90. The third kappa shape index (κ3) is 6.07. The number of ether oxygens (including phenoxy) is 1. The molecule has 0 unspecified atom stereocenters. The summed E-state index contributed by atoms with van der Waals surface area (Å²) >= 11 is 1.61. The van der Waals surface area contributed by atoms with E-state index in [0.29, 0.717) is 36.6 Å². The Hall–Kier alpha value is -1.87. The maximum Gasteiger partial charge on any atom is 0.223 e. The van der Waals surface area contributed by atoms with Crippen molar-refractivity contribution in [1.82, 2.24) is 25.1 Å². The summed E-state index contributed by atoms with van der Waals surface area (Å²) in [6.45, 7) is 10.6. The molecule has 0 atom stereocenters. The third-order valence-electron chi connectivity index (χ3n) is 4.39. The molecular weight excluding hydrogens is 376 g/mol. The predicted molar refractivity (Wildman–Crippen MR) is 114 cm³/mol. The molecule has 0 radical (unpaired) electrons. The smallest absolute Gasteiger partial charge is 0.223 e. The number of hydrogen-bond acceptors (Lipinski definition) is 7. The molecule has 2 heterocycles. The topological polar surface area (TPSA) is 94.0 Å². The van der Waals surface area contributed by atoms with Gasteiger partial charge in [0.25, 0.3) is 0 Å². The summed E-state index contributed by atoms with van der Waals surface area (Å²) in [5, 5.41) is 12.7. The van der Waals surface area contributed by atoms with Crippen molar-refractivity contribution in [3.63, 3.8) is 0 Å². The molecule has 0 spiro atoms. The molecule has 0 fully saturated rings. The minimum Gasteiger partial charge on any atom is -0.383 e. The van der Waals surface area contributed by atoms with Gasteiger partial charge in [0, 0.05) is 31.4 Å². The highest BCUT2D eigenvalue weighted by molar-refractivity contribution is 7.99. The van der Waals surface area contributed by atoms with Crippen LogP contribution < -0.4 is 10.6 Å². The highest BCUT2D eigenvalue weighted by atomic mass is 32.2. The number of carbonyl (C=O) groups is 1. The Labute approximate surface area is 171 Å². The van der Waals surface area contributed by atoms with Crippen molar-refractivity contribution in [2.45, 2.75) is 57.5 Å². The van der Waals surface area contributed by atoms with E-state index in [0.717, 1.165) is 29.7 Å². The van der Waals surface area contributed by atoms with Gasteiger partial charge in [-0.25, -0.2) is 14.6 Å². The van der Waals surface area contributed by atoms with Gasteiger partial charge in [-0.1, -0.05) is 39.5 Å². The van der Waals surface area contributed by atoms with Crippen molar-refractivity contribution in [3.8, 4) is 0 Å². The second-order valence-electron chi connectivity index (χ2n) is 6.85. The third-order valence-corrected chi connectivity index (χ3v) is 5.26. The lowest BCUT2D eigenvalue weighted by molar-refractivity contribution is -0.125. The maximum absolute atomic E-state index is 12.2. The van der Waals surface area contributed by atoms with Crippen LogP contribution in [-0.4, -0.2) is 57.7 Å². The first-order valence-corrected chi connectivity index (χ1v) is 10.8. The molecule has 28 heavy (non-hydrogen) atoms. The van der Waals surface area contributed by atoms with Crippen LogP contribution in [0.5, 0.6) is 0 Å². The number of anilines is 1. The second-order valence-corrected chi connectivity index (χ2v) is 8.39. The van der Waals surface area contributed by atoms with Crippen molar-refractivity contribution in [2.75, 3.05) is 32.1 Å². The summed E-state index contributed by atoms with van der Waals surface area (Å²) in [7, 11) is 1.67. The van der Waals surface area contributed by atoms with Crippen LogP contribution in [-0.2, 0) is 16.1 Å². The number of aromatic nitrogens is 4. The van der Waals surface area contributed by atoms with Crippen molar-refractivity contribution in [3.05, 3.63) is 6.20 Å². The molecule has 2 aromatic rings. The minimum absolute atomic E-state index is 0.0716. The van der Waals surface area contributed by atoms with Gasteiger partial charge in [-0.05, 0) is 12.8 Å². The molecule has 0 saturated heterocycles. The molecule has 0 aromatic carbocycles. The quantitative estimate of drug-likeness (QED) is 0.317. The molecule has 2 aromatic heterocycles. The first-order chi connectivity index (χ1) is 13.5. The standard InChI is InChI=1S/C19H32N6O2S/c1-6-14(7-2)18(26)21-8-10-25-17-15(12-22-25)16(20-9-11-27-5)23-19(24-17)28-13(3)4/h12-14H,6-11H2,1-5H3,(H,21,26)(H,20,23,24). The van der Waals surface area contributed by atoms with Crippen LogP contribution in [0.4, 0.5) is 5.82 Å². The van der Waals surface area contributed by atoms with Gasteiger partial charge in [-0.15, -0.1) is 0 Å². The molecule has 8 nitrogen and oxygen atoms in total. The molecule has 0 bridgehead atoms. The summed E-state index contributed by atoms with van der Waals surface area (Å²) in [5.74, 6) is 0.939. The lowest BCUT2D eigenvalue weighted by atomic mass is 10.0. The monoisotopic (exact) mass is 408 g/mol. The van der Waals surface area contributed by atoms with Crippen LogP contribution in [0.3, 0.4) is 0 Å². The number of thioether (sulfide) groups is 1. The average molecular weight is 409 g/mol. The normalized spacial score (nSPS) is 11.5. The van der Waals surface area contributed by atoms with Crippen LogP contribution in [0.25, 0.3) is 11.0 Å². The zero-order valence-corrected chi connectivity index (χ0v) is 18.3. The highest BCUT2D eigenvalue weighted by Gasteiger charge is 2.16. The zero-order chi connectivity index (χ0) is 20.5. The van der Waals surface area contributed by atoms with E-state index >= 15 is 0 Å². The number of methoxy groups -OCH3 is 1. The van der Waals surface area contributed by atoms with Gasteiger partial charge in [0.15, 0.2) is 10.8 Å². The van der Waals surface area contributed by atoms with E-state index < -0.39 is 0 Å². The fraction of sp³-hybridized carbons (Fsp3) is 0.684. The van der Waals surface area contributed by atoms with Gasteiger partial charge < -0.3 is 15.4 Å². The number of rotatable bonds is 12. The average Bonchev–Trinajstić information content (AvgIpc) is 3.05. The summed E-state index contributed by atoms with van der Waals surface area (Å²) < 4.78 is 6.95. The molecule has 2 N–H and O–H groups in total. The van der Waals surface area contributed by atoms with Gasteiger partial charge in [0.2, 0.25) is 5.91 Å². The molecule has 1 amide bonds. The largest absolute Gasteiger partial charge is 0.383 e. The van der Waals surface area contributed by atoms with Crippen molar-refractivity contribution in [2.24, 2.45) is 5.92 Å². The van der Waals surface area contributed by atoms with E-state index in [4.69, 9.17) is 9.72 Å². The molecule has 156 valence electrons. The van der Waals surface area contributed by atoms with Crippen molar-refractivity contribution >= 4 is 34.5 Å². The van der Waals surface area contributed by atoms with E-state index in [1.165, 1.54) is 0 Å². The van der Waals surface area contributed by atoms with Crippen molar-refractivity contribution < 1.29 is 9.53 Å². The van der Waals surface area contributed by atoms with Crippen LogP contribution in [0.1, 0.15) is 40.5 Å². The summed E-state index contributed by atoms with van der Waals surface area (Å²) in [6, 6.07) is 0. The SMILES string of the molecule is CCC(CC)C(=O)NCCn1ncc2c(NCCOC)nc(SC(C)C)nc21. The Bertz CT molecular complexity index is 760. The van der Waals surface area contributed by atoms with Crippen LogP contribution >= 0.6 is 11.8 Å². The first kappa shape index (κ1) is 22.4. The number of nitrogens with zero attached hydrogens (tertiary/aromatic N) is 4. The zero-order valence-electron chi connectivity index (χ0n) is 17.5. The highest BCUT2D eigenvalue weighted by Crippen LogP contribution is 2.26. The lowest BCUT2D eigenvalue weighted by Crippen LogP contribution is -2.32. The number of fused-ring (bicyclic) bond motifs is 1. The number of amides is 1. The van der Waals surface area contributed by atoms with Crippen LogP contribution in [0.2, 0.25) is 0 Å². The van der Waals surface area contributed by atoms with Gasteiger partial charge in [-0.3, -0.25) is 4.79 Å². The predicted octanol–water partition coefficient (Wildman–Crippen LogP) is 2.94. The van der Waals surface area contributed by atoms with E-state index in [9.17, 15) is 4.79 Å². The van der Waals surface area contributed by atoms with Gasteiger partial charge in [0.05, 0.1) is 24.7 Å². The van der Waals surface area contributed by atoms with E-state index in [1.807, 2.05) is 18.5 Å². The van der Waals surface area contributed by atoms with Crippen LogP contribution in [0, 0.1) is 5.92 Å². The van der Waals surface area contributed by atoms with Crippen molar-refractivity contribution in [1.29, 1.82) is 0 Å². The van der Waals surface area contributed by atoms with Crippen LogP contribution in [0.15, 0.2) is 11.4 Å². The molecule has 2 rings (SSSR count). The number of nitrogens with one attached hydrogen (secondary N) is 2. The minimum atomic E-state index is 0.0716. The number of carbonyl (C=O) groups excluding carboxylic acids is 1. The Balaban J connectivity index is 2.17. The fourth-order valence-corrected chi connectivity index (χ4v) is 3.56. The fourth-order valence-electron chi connectivity index (χ4n) is 2.86. The summed E-state index contributed by atoms with van der Waals surface area (Å²) in [4.78, 5) is 21.5. The maximum atomic E-state index is 12.2. The van der Waals surface area contributed by atoms with E-state index in [1.54, 1.807) is 25.1 Å². The molecule has 0 aliphatic rings. The lowest BCUT2D eigenvalue weighted by Gasteiger charge is -2.13. The Morgan fingerprint density at radius 1 is 1.25 bits per heavy atom. The van der Waals surface area contributed by atoms with E-state index in [-0.39, 0.29) is 11.8 Å². The Morgan fingerprint density at radius 3 is 2.64 bits per heavy atom. The molecule has 0 saturated carbocycles.